The van der Waals surface area contributed by atoms with E-state index in [0.717, 1.165) is 5.56 Å². The van der Waals surface area contributed by atoms with Crippen molar-refractivity contribution in [3.8, 4) is 11.5 Å². The molecule has 0 unspecified atom stereocenters. The molecule has 0 fully saturated rings. The summed E-state index contributed by atoms with van der Waals surface area (Å²) >= 11 is 0. The molecular weight excluding hydrogens is 182 g/mol. The summed E-state index contributed by atoms with van der Waals surface area (Å²) in [7, 11) is 0. The van der Waals surface area contributed by atoms with Crippen molar-refractivity contribution in [2.75, 3.05) is 13.2 Å². The van der Waals surface area contributed by atoms with Crippen molar-refractivity contribution in [3.05, 3.63) is 23.8 Å². The first-order chi connectivity index (χ1) is 6.77. The zero-order valence-corrected chi connectivity index (χ0v) is 7.66. The quantitative estimate of drug-likeness (QED) is 0.743. The molecule has 0 spiro atoms. The third kappa shape index (κ3) is 1.64. The standard InChI is InChI=1S/C10H11NO3/c11-9(12)6-7-2-1-3-8-10(7)14-5-4-13-8/h1-3H,4-6H2,(H2,11,12). The minimum absolute atomic E-state index is 0.187. The van der Waals surface area contributed by atoms with Gasteiger partial charge >= 0.3 is 0 Å². The van der Waals surface area contributed by atoms with E-state index in [0.29, 0.717) is 24.7 Å². The molecule has 74 valence electrons. The number of hydrogen-bond acceptors (Lipinski definition) is 3. The second kappa shape index (κ2) is 3.57. The van der Waals surface area contributed by atoms with E-state index in [9.17, 15) is 4.79 Å². The van der Waals surface area contributed by atoms with Crippen molar-refractivity contribution >= 4 is 5.91 Å². The number of amides is 1. The molecule has 0 radical (unpaired) electrons. The van der Waals surface area contributed by atoms with Gasteiger partial charge in [-0.1, -0.05) is 12.1 Å². The van der Waals surface area contributed by atoms with Gasteiger partial charge < -0.3 is 15.2 Å². The molecule has 0 saturated carbocycles. The predicted octanol–water partition coefficient (Wildman–Crippen LogP) is 0.486. The monoisotopic (exact) mass is 193 g/mol. The Morgan fingerprint density at radius 2 is 2.14 bits per heavy atom. The van der Waals surface area contributed by atoms with Gasteiger partial charge in [0.05, 0.1) is 6.42 Å². The number of nitrogens with two attached hydrogens (primary N) is 1. The molecule has 0 atom stereocenters. The van der Waals surface area contributed by atoms with E-state index < -0.39 is 0 Å². The topological polar surface area (TPSA) is 61.6 Å². The van der Waals surface area contributed by atoms with E-state index in [1.807, 2.05) is 18.2 Å². The van der Waals surface area contributed by atoms with Gasteiger partial charge in [-0.3, -0.25) is 4.79 Å². The van der Waals surface area contributed by atoms with Crippen molar-refractivity contribution < 1.29 is 14.3 Å². The molecule has 2 rings (SSSR count). The van der Waals surface area contributed by atoms with Crippen LogP contribution in [0.15, 0.2) is 18.2 Å². The summed E-state index contributed by atoms with van der Waals surface area (Å²) < 4.78 is 10.8. The molecule has 14 heavy (non-hydrogen) atoms. The van der Waals surface area contributed by atoms with Crippen molar-refractivity contribution in [2.24, 2.45) is 5.73 Å². The van der Waals surface area contributed by atoms with Crippen molar-refractivity contribution in [1.29, 1.82) is 0 Å². The maximum Gasteiger partial charge on any atom is 0.221 e. The highest BCUT2D eigenvalue weighted by molar-refractivity contribution is 5.77. The molecule has 4 nitrogen and oxygen atoms in total. The van der Waals surface area contributed by atoms with Gasteiger partial charge in [-0.05, 0) is 6.07 Å². The van der Waals surface area contributed by atoms with Gasteiger partial charge in [0.15, 0.2) is 11.5 Å². The minimum Gasteiger partial charge on any atom is -0.486 e. The average molecular weight is 193 g/mol. The highest BCUT2D eigenvalue weighted by Gasteiger charge is 2.16. The number of ether oxygens (including phenoxy) is 2. The molecule has 1 aliphatic rings. The Morgan fingerprint density at radius 3 is 2.93 bits per heavy atom. The lowest BCUT2D eigenvalue weighted by Crippen LogP contribution is -2.19. The summed E-state index contributed by atoms with van der Waals surface area (Å²) in [6, 6.07) is 5.46. The number of para-hydroxylation sites is 1. The third-order valence-electron chi connectivity index (χ3n) is 2.01. The second-order valence-electron chi connectivity index (χ2n) is 3.08. The molecule has 1 aromatic rings. The van der Waals surface area contributed by atoms with E-state index in [2.05, 4.69) is 0 Å². The summed E-state index contributed by atoms with van der Waals surface area (Å²) in [5.74, 6) is 0.972. The van der Waals surface area contributed by atoms with Crippen molar-refractivity contribution in [1.82, 2.24) is 0 Å². The Balaban J connectivity index is 2.35. The fourth-order valence-corrected chi connectivity index (χ4v) is 1.46. The maximum absolute atomic E-state index is 10.8. The van der Waals surface area contributed by atoms with Crippen LogP contribution in [0, 0.1) is 0 Å². The molecule has 1 amide bonds. The van der Waals surface area contributed by atoms with Crippen LogP contribution in [0.25, 0.3) is 0 Å². The highest BCUT2D eigenvalue weighted by Crippen LogP contribution is 2.33. The Kier molecular flexibility index (Phi) is 2.26. The first-order valence-corrected chi connectivity index (χ1v) is 4.43. The molecule has 4 heteroatoms. The second-order valence-corrected chi connectivity index (χ2v) is 3.08. The number of benzene rings is 1. The van der Waals surface area contributed by atoms with Gasteiger partial charge in [0, 0.05) is 5.56 Å². The largest absolute Gasteiger partial charge is 0.486 e. The van der Waals surface area contributed by atoms with Crippen LogP contribution in [-0.2, 0) is 11.2 Å². The van der Waals surface area contributed by atoms with Crippen molar-refractivity contribution in [2.45, 2.75) is 6.42 Å². The first kappa shape index (κ1) is 8.87. The molecule has 0 bridgehead atoms. The molecule has 0 aliphatic carbocycles. The van der Waals surface area contributed by atoms with Gasteiger partial charge in [0.25, 0.3) is 0 Å². The van der Waals surface area contributed by atoms with Crippen LogP contribution in [0.5, 0.6) is 11.5 Å². The lowest BCUT2D eigenvalue weighted by atomic mass is 10.1. The van der Waals surface area contributed by atoms with Crippen LogP contribution in [0.1, 0.15) is 5.56 Å². The number of primary amides is 1. The van der Waals surface area contributed by atoms with Gasteiger partial charge in [0.1, 0.15) is 13.2 Å². The summed E-state index contributed by atoms with van der Waals surface area (Å²) in [4.78, 5) is 10.8. The van der Waals surface area contributed by atoms with Crippen LogP contribution in [-0.4, -0.2) is 19.1 Å². The smallest absolute Gasteiger partial charge is 0.221 e. The zero-order chi connectivity index (χ0) is 9.97. The van der Waals surface area contributed by atoms with E-state index in [-0.39, 0.29) is 12.3 Å². The summed E-state index contributed by atoms with van der Waals surface area (Å²) in [6.45, 7) is 1.07. The molecule has 1 heterocycles. The minimum atomic E-state index is -0.368. The lowest BCUT2D eigenvalue weighted by Gasteiger charge is -2.20. The van der Waals surface area contributed by atoms with Crippen LogP contribution >= 0.6 is 0 Å². The summed E-state index contributed by atoms with van der Waals surface area (Å²) in [5.41, 5.74) is 5.91. The first-order valence-electron chi connectivity index (χ1n) is 4.43. The fourth-order valence-electron chi connectivity index (χ4n) is 1.46. The van der Waals surface area contributed by atoms with E-state index in [4.69, 9.17) is 15.2 Å². The summed E-state index contributed by atoms with van der Waals surface area (Å²) in [6.07, 6.45) is 0.187. The number of carbonyl (C=O) groups excluding carboxylic acids is 1. The predicted molar refractivity (Wildman–Crippen MR) is 50.3 cm³/mol. The molecular formula is C10H11NO3. The zero-order valence-electron chi connectivity index (χ0n) is 7.66. The molecule has 0 saturated heterocycles. The van der Waals surface area contributed by atoms with Crippen molar-refractivity contribution in [3.63, 3.8) is 0 Å². The van der Waals surface area contributed by atoms with Crippen LogP contribution in [0.3, 0.4) is 0 Å². The van der Waals surface area contributed by atoms with Crippen LogP contribution in [0.4, 0.5) is 0 Å². The Morgan fingerprint density at radius 1 is 1.36 bits per heavy atom. The number of carbonyl (C=O) groups is 1. The SMILES string of the molecule is NC(=O)Cc1cccc2c1OCCO2. The van der Waals surface area contributed by atoms with Crippen LogP contribution in [0.2, 0.25) is 0 Å². The Hall–Kier alpha value is -1.71. The van der Waals surface area contributed by atoms with Crippen LogP contribution < -0.4 is 15.2 Å². The fraction of sp³-hybridized carbons (Fsp3) is 0.300. The van der Waals surface area contributed by atoms with E-state index in [1.54, 1.807) is 0 Å². The molecule has 1 aliphatic heterocycles. The van der Waals surface area contributed by atoms with E-state index >= 15 is 0 Å². The molecule has 0 aromatic heterocycles. The normalized spacial score (nSPS) is 13.7. The Labute approximate surface area is 81.6 Å². The number of rotatable bonds is 2. The van der Waals surface area contributed by atoms with Gasteiger partial charge in [-0.15, -0.1) is 0 Å². The maximum atomic E-state index is 10.8. The van der Waals surface area contributed by atoms with E-state index in [1.165, 1.54) is 0 Å². The average Bonchev–Trinajstić information content (AvgIpc) is 2.18. The third-order valence-corrected chi connectivity index (χ3v) is 2.01. The van der Waals surface area contributed by atoms with Gasteiger partial charge in [-0.25, -0.2) is 0 Å². The lowest BCUT2D eigenvalue weighted by molar-refractivity contribution is -0.117. The molecule has 2 N–H and O–H groups in total. The summed E-state index contributed by atoms with van der Waals surface area (Å²) in [5, 5.41) is 0. The van der Waals surface area contributed by atoms with Gasteiger partial charge in [-0.2, -0.15) is 0 Å². The Bertz CT molecular complexity index is 362. The molecule has 1 aromatic carbocycles. The number of fused-ring (bicyclic) bond motifs is 1. The van der Waals surface area contributed by atoms with Gasteiger partial charge in [0.2, 0.25) is 5.91 Å². The highest BCUT2D eigenvalue weighted by atomic mass is 16.6. The number of hydrogen-bond donors (Lipinski definition) is 1.